The first-order chi connectivity index (χ1) is 13.7. The number of esters is 2. The summed E-state index contributed by atoms with van der Waals surface area (Å²) < 4.78 is 44.4. The number of hydrogen-bond donors (Lipinski definition) is 1. The molecule has 3 rings (SSSR count). The fourth-order valence-electron chi connectivity index (χ4n) is 3.36. The van der Waals surface area contributed by atoms with Crippen LogP contribution in [0.25, 0.3) is 21.9 Å². The van der Waals surface area contributed by atoms with E-state index in [1.807, 2.05) is 18.2 Å². The van der Waals surface area contributed by atoms with Crippen LogP contribution in [0.3, 0.4) is 0 Å². The molecule has 144 valence electrons. The number of hydrogen-bond acceptors (Lipinski definition) is 6. The molecule has 0 aliphatic rings. The molecule has 0 spiro atoms. The predicted molar refractivity (Wildman–Crippen MR) is 107 cm³/mol. The van der Waals surface area contributed by atoms with Crippen molar-refractivity contribution >= 4 is 63.6 Å². The van der Waals surface area contributed by atoms with Crippen LogP contribution in [0.2, 0.25) is 0 Å². The summed E-state index contributed by atoms with van der Waals surface area (Å²) in [5, 5.41) is 1.51. The van der Waals surface area contributed by atoms with Crippen LogP contribution < -0.4 is 2.81 Å². The van der Waals surface area contributed by atoms with Crippen molar-refractivity contribution in [2.24, 2.45) is 0 Å². The van der Waals surface area contributed by atoms with Gasteiger partial charge in [-0.15, -0.1) is 0 Å². The topological polar surface area (TPSA) is 107 Å². The van der Waals surface area contributed by atoms with E-state index in [1.165, 1.54) is 13.2 Å². The number of rotatable bonds is 4. The molecule has 0 atom stereocenters. The predicted octanol–water partition coefficient (Wildman–Crippen LogP) is 2.12. The van der Waals surface area contributed by atoms with E-state index in [1.54, 1.807) is 24.3 Å². The van der Waals surface area contributed by atoms with Crippen LogP contribution in [0.1, 0.15) is 20.7 Å². The summed E-state index contributed by atoms with van der Waals surface area (Å²) in [6, 6.07) is 13.8. The van der Waals surface area contributed by atoms with Crippen LogP contribution in [-0.4, -0.2) is 67.1 Å². The Hall–Kier alpha value is -2.23. The molecular weight excluding hydrogens is 407 g/mol. The molecule has 0 radical (unpaired) electrons. The molecule has 0 aliphatic carbocycles. The number of carbonyl (C=O) groups excluding carboxylic acids is 2. The van der Waals surface area contributed by atoms with Gasteiger partial charge in [-0.3, -0.25) is 0 Å². The average Bonchev–Trinajstić information content (AvgIpc) is 2.71. The fraction of sp³-hybridized carbons (Fsp3) is 0.100. The van der Waals surface area contributed by atoms with Crippen molar-refractivity contribution in [1.82, 2.24) is 0 Å². The standard InChI is InChI=1S/C20H15O7S.Na/c1-26-19(21)13-10-16(15-9-5-7-12-6-3-4-8-14(12)15)18(28(23,24)25)17(11-13)20(22)27-2;/h3-10H,1-2H3,(H,23,24,25);. The molecular formula is C20H15NaO7S. The summed E-state index contributed by atoms with van der Waals surface area (Å²) in [5.41, 5.74) is 0.153. The Balaban J connectivity index is 2.57. The molecule has 7 nitrogen and oxygen atoms in total. The Kier molecular flexibility index (Phi) is 6.11. The third-order valence-electron chi connectivity index (χ3n) is 4.67. The van der Waals surface area contributed by atoms with E-state index >= 15 is 0 Å². The summed E-state index contributed by atoms with van der Waals surface area (Å²) in [5.74, 6) is -1.68. The molecule has 9 heteroatoms. The van der Waals surface area contributed by atoms with Crippen molar-refractivity contribution in [2.75, 3.05) is 14.2 Å². The van der Waals surface area contributed by atoms with E-state index in [4.69, 9.17) is 9.47 Å². The van der Waals surface area contributed by atoms with E-state index in [2.05, 4.69) is 0 Å². The van der Waals surface area contributed by atoms with Crippen LogP contribution in [0.4, 0.5) is 0 Å². The van der Waals surface area contributed by atoms with Gasteiger partial charge in [0.15, 0.2) is 0 Å². The van der Waals surface area contributed by atoms with Gasteiger partial charge in [0, 0.05) is 0 Å². The number of benzene rings is 3. The first-order valence-corrected chi connectivity index (χ1v) is 10.9. The van der Waals surface area contributed by atoms with Gasteiger partial charge in [0.2, 0.25) is 0 Å². The van der Waals surface area contributed by atoms with Crippen molar-refractivity contribution in [3.63, 3.8) is 0 Å². The van der Waals surface area contributed by atoms with Gasteiger partial charge in [0.1, 0.15) is 0 Å². The van der Waals surface area contributed by atoms with Crippen molar-refractivity contribution in [2.45, 2.75) is 4.90 Å². The molecule has 3 aromatic carbocycles. The summed E-state index contributed by atoms with van der Waals surface area (Å²) >= 11 is 0.131. The molecule has 0 saturated heterocycles. The van der Waals surface area contributed by atoms with Gasteiger partial charge in [-0.25, -0.2) is 0 Å². The van der Waals surface area contributed by atoms with Gasteiger partial charge in [-0.1, -0.05) is 0 Å². The maximum atomic E-state index is 12.5. The number of methoxy groups -OCH3 is 2. The van der Waals surface area contributed by atoms with Crippen molar-refractivity contribution in [1.29, 1.82) is 0 Å². The first kappa shape index (κ1) is 21.5. The molecule has 0 heterocycles. The molecule has 0 aromatic heterocycles. The Bertz CT molecular complexity index is 1240. The fourth-order valence-corrected chi connectivity index (χ4v) is 5.28. The summed E-state index contributed by atoms with van der Waals surface area (Å²) in [6.45, 7) is 0. The minimum absolute atomic E-state index is 0.0182. The second-order valence-electron chi connectivity index (χ2n) is 6.29. The summed E-state index contributed by atoms with van der Waals surface area (Å²) in [7, 11) is -2.55. The third-order valence-corrected chi connectivity index (χ3v) is 6.65. The third kappa shape index (κ3) is 3.94. The maximum absolute atomic E-state index is 12.5. The second-order valence-corrected chi connectivity index (χ2v) is 8.64. The van der Waals surface area contributed by atoms with E-state index in [0.29, 0.717) is 10.9 Å². The molecule has 0 bridgehead atoms. The molecule has 0 fully saturated rings. The zero-order chi connectivity index (χ0) is 21.3. The monoisotopic (exact) mass is 422 g/mol. The number of carbonyl (C=O) groups is 2. The van der Waals surface area contributed by atoms with Crippen LogP contribution in [0.15, 0.2) is 53.4 Å². The Morgan fingerprint density at radius 1 is 0.931 bits per heavy atom. The molecule has 0 unspecified atom stereocenters. The molecule has 1 N–H and O–H groups in total. The number of fused-ring (bicyclic) bond motifs is 1. The second kappa shape index (κ2) is 8.25. The summed E-state index contributed by atoms with van der Waals surface area (Å²) in [6.07, 6.45) is 0. The Labute approximate surface area is 184 Å². The van der Waals surface area contributed by atoms with Gasteiger partial charge in [-0.05, 0) is 0 Å². The first-order valence-electron chi connectivity index (χ1n) is 8.50. The summed E-state index contributed by atoms with van der Waals surface area (Å²) in [4.78, 5) is 24.2. The van der Waals surface area contributed by atoms with E-state index in [0.717, 1.165) is 12.5 Å². The van der Waals surface area contributed by atoms with Crippen molar-refractivity contribution in [3.8, 4) is 11.1 Å². The average molecular weight is 422 g/mol. The van der Waals surface area contributed by atoms with E-state index < -0.39 is 27.0 Å². The van der Waals surface area contributed by atoms with Crippen LogP contribution >= 0.6 is 0 Å². The van der Waals surface area contributed by atoms with Gasteiger partial charge in [-0.2, -0.15) is 0 Å². The zero-order valence-electron chi connectivity index (χ0n) is 15.9. The van der Waals surface area contributed by atoms with Crippen LogP contribution in [0, 0.1) is 0 Å². The quantitative estimate of drug-likeness (QED) is 0.390. The van der Waals surface area contributed by atoms with Crippen LogP contribution in [0.5, 0.6) is 0 Å². The molecule has 0 amide bonds. The number of ether oxygens (including phenoxy) is 2. The van der Waals surface area contributed by atoms with Gasteiger partial charge >= 0.3 is 186 Å². The Morgan fingerprint density at radius 2 is 1.55 bits per heavy atom. The Morgan fingerprint density at radius 3 is 2.17 bits per heavy atom. The van der Waals surface area contributed by atoms with Gasteiger partial charge in [0.05, 0.1) is 0 Å². The normalized spacial score (nSPS) is 11.3. The van der Waals surface area contributed by atoms with Gasteiger partial charge < -0.3 is 0 Å². The molecule has 0 saturated carbocycles. The van der Waals surface area contributed by atoms with Gasteiger partial charge in [0.25, 0.3) is 0 Å². The molecule has 3 aromatic rings. The van der Waals surface area contributed by atoms with Crippen molar-refractivity contribution in [3.05, 3.63) is 59.7 Å². The SMILES string of the molecule is COC(=O)c1cc(-c2cccc3ccccc23)c(S(=O)(=O)O)c(C(=O)OC)[c]1[Na]. The minimum atomic E-state index is -4.84. The van der Waals surface area contributed by atoms with Crippen LogP contribution in [-0.2, 0) is 19.6 Å². The van der Waals surface area contributed by atoms with E-state index in [9.17, 15) is 22.6 Å². The van der Waals surface area contributed by atoms with Crippen molar-refractivity contribution < 1.29 is 32.0 Å². The van der Waals surface area contributed by atoms with E-state index in [-0.39, 0.29) is 47.4 Å². The molecule has 0 aliphatic heterocycles. The zero-order valence-corrected chi connectivity index (χ0v) is 18.7. The molecule has 29 heavy (non-hydrogen) atoms.